The number of nitrogens with zero attached hydrogens (tertiary/aromatic N) is 2. The molecule has 5 nitrogen and oxygen atoms in total. The predicted octanol–water partition coefficient (Wildman–Crippen LogP) is 3.77. The van der Waals surface area contributed by atoms with Crippen LogP contribution in [0.1, 0.15) is 35.7 Å². The molecule has 27 heavy (non-hydrogen) atoms. The minimum atomic E-state index is -0.0384. The highest BCUT2D eigenvalue weighted by Crippen LogP contribution is 2.22. The van der Waals surface area contributed by atoms with Crippen molar-refractivity contribution in [3.8, 4) is 0 Å². The Morgan fingerprint density at radius 2 is 2.22 bits per heavy atom. The highest BCUT2D eigenvalue weighted by molar-refractivity contribution is 5.94. The number of hydrogen-bond acceptors (Lipinski definition) is 3. The van der Waals surface area contributed by atoms with Gasteiger partial charge in [0, 0.05) is 48.5 Å². The number of hydrogen-bond donors (Lipinski definition) is 2. The van der Waals surface area contributed by atoms with Crippen molar-refractivity contribution in [3.05, 3.63) is 59.9 Å². The fraction of sp³-hybridized carbons (Fsp3) is 0.364. The second-order valence-corrected chi connectivity index (χ2v) is 7.46. The number of rotatable bonds is 5. The summed E-state index contributed by atoms with van der Waals surface area (Å²) in [6.07, 6.45) is 7.02. The van der Waals surface area contributed by atoms with Crippen LogP contribution in [0, 0.1) is 5.92 Å². The highest BCUT2D eigenvalue weighted by Gasteiger charge is 2.18. The monoisotopic (exact) mass is 362 g/mol. The van der Waals surface area contributed by atoms with Gasteiger partial charge in [-0.05, 0) is 48.9 Å². The molecule has 3 heterocycles. The van der Waals surface area contributed by atoms with E-state index >= 15 is 0 Å². The number of carbonyl (C=O) groups excluding carboxylic acids is 1. The van der Waals surface area contributed by atoms with Crippen LogP contribution in [0.15, 0.2) is 48.8 Å². The van der Waals surface area contributed by atoms with E-state index in [0.717, 1.165) is 30.8 Å². The molecular formula is C22H26N4O. The van der Waals surface area contributed by atoms with Crippen LogP contribution in [0.4, 0.5) is 5.82 Å². The van der Waals surface area contributed by atoms with Gasteiger partial charge in [-0.1, -0.05) is 25.1 Å². The molecular weight excluding hydrogens is 336 g/mol. The third-order valence-electron chi connectivity index (χ3n) is 5.34. The average Bonchev–Trinajstić information content (AvgIpc) is 3.11. The number of carbonyl (C=O) groups is 1. The minimum absolute atomic E-state index is 0.0384. The molecule has 1 saturated heterocycles. The number of aromatic nitrogens is 2. The molecule has 1 aromatic carbocycles. The summed E-state index contributed by atoms with van der Waals surface area (Å²) >= 11 is 0. The number of pyridine rings is 1. The molecule has 2 N–H and O–H groups in total. The molecule has 3 aromatic rings. The van der Waals surface area contributed by atoms with Gasteiger partial charge in [0.2, 0.25) is 0 Å². The highest BCUT2D eigenvalue weighted by atomic mass is 16.1. The number of amides is 1. The van der Waals surface area contributed by atoms with Crippen LogP contribution in [0.25, 0.3) is 10.9 Å². The maximum absolute atomic E-state index is 12.6. The second-order valence-electron chi connectivity index (χ2n) is 7.46. The Bertz CT molecular complexity index is 933. The number of piperidine rings is 1. The van der Waals surface area contributed by atoms with Crippen molar-refractivity contribution in [3.63, 3.8) is 0 Å². The fourth-order valence-corrected chi connectivity index (χ4v) is 3.88. The van der Waals surface area contributed by atoms with E-state index in [9.17, 15) is 4.79 Å². The first-order valence-electron chi connectivity index (χ1n) is 9.75. The van der Waals surface area contributed by atoms with E-state index in [1.165, 1.54) is 23.8 Å². The molecule has 1 unspecified atom stereocenters. The molecule has 0 saturated carbocycles. The van der Waals surface area contributed by atoms with Gasteiger partial charge in [-0.15, -0.1) is 0 Å². The zero-order valence-electron chi connectivity index (χ0n) is 15.7. The topological polar surface area (TPSA) is 61.0 Å². The van der Waals surface area contributed by atoms with Crippen molar-refractivity contribution in [2.45, 2.75) is 26.2 Å². The predicted molar refractivity (Wildman–Crippen MR) is 109 cm³/mol. The van der Waals surface area contributed by atoms with Crippen LogP contribution in [0.3, 0.4) is 0 Å². The van der Waals surface area contributed by atoms with Gasteiger partial charge < -0.3 is 15.2 Å². The lowest BCUT2D eigenvalue weighted by Gasteiger charge is -2.31. The van der Waals surface area contributed by atoms with Gasteiger partial charge >= 0.3 is 0 Å². The summed E-state index contributed by atoms with van der Waals surface area (Å²) in [6.45, 7) is 4.91. The number of benzene rings is 1. The SMILES string of the molecule is CC1CCCN(c2cc(C(=O)NCCc3c[nH]c4ccccc34)ccn2)C1. The Kier molecular flexibility index (Phi) is 5.10. The molecule has 1 aliphatic heterocycles. The summed E-state index contributed by atoms with van der Waals surface area (Å²) in [4.78, 5) is 22.6. The zero-order valence-corrected chi connectivity index (χ0v) is 15.7. The molecule has 140 valence electrons. The van der Waals surface area contributed by atoms with Gasteiger partial charge in [0.1, 0.15) is 5.82 Å². The van der Waals surface area contributed by atoms with Crippen molar-refractivity contribution in [1.82, 2.24) is 15.3 Å². The Balaban J connectivity index is 1.37. The van der Waals surface area contributed by atoms with E-state index in [0.29, 0.717) is 18.0 Å². The van der Waals surface area contributed by atoms with Gasteiger partial charge in [0.25, 0.3) is 5.91 Å². The van der Waals surface area contributed by atoms with Crippen LogP contribution < -0.4 is 10.2 Å². The maximum Gasteiger partial charge on any atom is 0.251 e. The van der Waals surface area contributed by atoms with E-state index < -0.39 is 0 Å². The number of fused-ring (bicyclic) bond motifs is 1. The molecule has 1 aliphatic rings. The van der Waals surface area contributed by atoms with Crippen molar-refractivity contribution < 1.29 is 4.79 Å². The molecule has 1 fully saturated rings. The Morgan fingerprint density at radius 3 is 3.11 bits per heavy atom. The van der Waals surface area contributed by atoms with Crippen LogP contribution >= 0.6 is 0 Å². The molecule has 1 amide bonds. The molecule has 0 spiro atoms. The average molecular weight is 362 g/mol. The summed E-state index contributed by atoms with van der Waals surface area (Å²) in [5.41, 5.74) is 3.04. The number of aromatic amines is 1. The third-order valence-corrected chi connectivity index (χ3v) is 5.34. The smallest absolute Gasteiger partial charge is 0.251 e. The van der Waals surface area contributed by atoms with Gasteiger partial charge in [-0.3, -0.25) is 4.79 Å². The lowest BCUT2D eigenvalue weighted by molar-refractivity contribution is 0.0954. The molecule has 0 bridgehead atoms. The minimum Gasteiger partial charge on any atom is -0.361 e. The van der Waals surface area contributed by atoms with Gasteiger partial charge in [0.15, 0.2) is 0 Å². The number of anilines is 1. The van der Waals surface area contributed by atoms with Crippen molar-refractivity contribution >= 4 is 22.6 Å². The Hall–Kier alpha value is -2.82. The van der Waals surface area contributed by atoms with Crippen molar-refractivity contribution in [1.29, 1.82) is 0 Å². The van der Waals surface area contributed by atoms with Crippen molar-refractivity contribution in [2.24, 2.45) is 5.92 Å². The summed E-state index contributed by atoms with van der Waals surface area (Å²) < 4.78 is 0. The first kappa shape index (κ1) is 17.6. The van der Waals surface area contributed by atoms with E-state index in [-0.39, 0.29) is 5.91 Å². The van der Waals surface area contributed by atoms with E-state index in [4.69, 9.17) is 0 Å². The molecule has 5 heteroatoms. The van der Waals surface area contributed by atoms with Crippen LogP contribution in [-0.4, -0.2) is 35.5 Å². The van der Waals surface area contributed by atoms with E-state index in [2.05, 4.69) is 39.2 Å². The van der Waals surface area contributed by atoms with Crippen molar-refractivity contribution in [2.75, 3.05) is 24.5 Å². The summed E-state index contributed by atoms with van der Waals surface area (Å²) in [5.74, 6) is 1.54. The van der Waals surface area contributed by atoms with Gasteiger partial charge in [-0.2, -0.15) is 0 Å². The van der Waals surface area contributed by atoms with Crippen LogP contribution in [0.2, 0.25) is 0 Å². The Morgan fingerprint density at radius 1 is 1.33 bits per heavy atom. The van der Waals surface area contributed by atoms with Crippen LogP contribution in [-0.2, 0) is 6.42 Å². The normalized spacial score (nSPS) is 17.2. The quantitative estimate of drug-likeness (QED) is 0.726. The first-order chi connectivity index (χ1) is 13.2. The molecule has 4 rings (SSSR count). The summed E-state index contributed by atoms with van der Waals surface area (Å²) in [7, 11) is 0. The summed E-state index contributed by atoms with van der Waals surface area (Å²) in [6, 6.07) is 11.9. The number of para-hydroxylation sites is 1. The Labute approximate surface area is 159 Å². The molecule has 0 aliphatic carbocycles. The number of nitrogens with one attached hydrogen (secondary N) is 2. The molecule has 0 radical (unpaired) electrons. The molecule has 1 atom stereocenters. The largest absolute Gasteiger partial charge is 0.361 e. The standard InChI is InChI=1S/C22H26N4O/c1-16-5-4-12-26(15-16)21-13-17(8-10-23-21)22(27)24-11-9-18-14-25-20-7-3-2-6-19(18)20/h2-3,6-8,10,13-14,16,25H,4-5,9,11-12,15H2,1H3,(H,24,27). The van der Waals surface area contributed by atoms with E-state index in [1.807, 2.05) is 24.4 Å². The van der Waals surface area contributed by atoms with E-state index in [1.54, 1.807) is 12.3 Å². The third kappa shape index (κ3) is 3.97. The van der Waals surface area contributed by atoms with Gasteiger partial charge in [0.05, 0.1) is 0 Å². The lowest BCUT2D eigenvalue weighted by Crippen LogP contribution is -2.35. The second kappa shape index (κ2) is 7.82. The van der Waals surface area contributed by atoms with Crippen LogP contribution in [0.5, 0.6) is 0 Å². The first-order valence-corrected chi connectivity index (χ1v) is 9.75. The zero-order chi connectivity index (χ0) is 18.6. The lowest BCUT2D eigenvalue weighted by atomic mass is 10.0. The number of H-pyrrole nitrogens is 1. The fourth-order valence-electron chi connectivity index (χ4n) is 3.88. The maximum atomic E-state index is 12.6. The van der Waals surface area contributed by atoms with Gasteiger partial charge in [-0.25, -0.2) is 4.98 Å². The molecule has 2 aromatic heterocycles. The summed E-state index contributed by atoms with van der Waals surface area (Å²) in [5, 5.41) is 4.26.